The third-order valence-corrected chi connectivity index (χ3v) is 4.10. The maximum atomic E-state index is 12.9. The van der Waals surface area contributed by atoms with E-state index in [0.717, 1.165) is 12.1 Å². The van der Waals surface area contributed by atoms with E-state index in [1.807, 2.05) is 0 Å². The van der Waals surface area contributed by atoms with Gasteiger partial charge in [-0.05, 0) is 37.9 Å². The van der Waals surface area contributed by atoms with Crippen LogP contribution in [0.15, 0.2) is 36.5 Å². The fraction of sp³-hybridized carbons (Fsp3) is 0.294. The van der Waals surface area contributed by atoms with Gasteiger partial charge in [-0.15, -0.1) is 0 Å². The first kappa shape index (κ1) is 20.0. The van der Waals surface area contributed by atoms with E-state index in [1.54, 1.807) is 25.1 Å². The number of nitrogens with two attached hydrogens (primary N) is 1. The monoisotopic (exact) mass is 386 g/mol. The number of hydrogen-bond acceptors (Lipinski definition) is 4. The first-order chi connectivity index (χ1) is 12.1. The van der Waals surface area contributed by atoms with Gasteiger partial charge in [0, 0.05) is 12.7 Å². The van der Waals surface area contributed by atoms with Crippen LogP contribution in [0.4, 0.5) is 19.0 Å². The summed E-state index contributed by atoms with van der Waals surface area (Å²) in [6.45, 7) is 0.261. The lowest BCUT2D eigenvalue weighted by molar-refractivity contribution is -0.137. The van der Waals surface area contributed by atoms with Gasteiger partial charge in [0.2, 0.25) is 5.91 Å². The highest BCUT2D eigenvalue weighted by Crippen LogP contribution is 2.32. The number of aromatic nitrogens is 1. The first-order valence-corrected chi connectivity index (χ1v) is 8.00. The molecule has 26 heavy (non-hydrogen) atoms. The fourth-order valence-electron chi connectivity index (χ4n) is 2.42. The molecule has 0 radical (unpaired) electrons. The van der Waals surface area contributed by atoms with E-state index < -0.39 is 17.6 Å². The lowest BCUT2D eigenvalue weighted by Gasteiger charge is -2.26. The molecule has 0 saturated carbocycles. The molecule has 2 aromatic rings. The molecule has 140 valence electrons. The van der Waals surface area contributed by atoms with Gasteiger partial charge in [-0.3, -0.25) is 4.79 Å². The molecule has 1 unspecified atom stereocenters. The molecule has 0 aliphatic heterocycles. The zero-order chi connectivity index (χ0) is 19.5. The Kier molecular flexibility index (Phi) is 6.09. The summed E-state index contributed by atoms with van der Waals surface area (Å²) in [7, 11) is 3.52. The Balaban J connectivity index is 2.21. The third-order valence-electron chi connectivity index (χ3n) is 3.81. The highest BCUT2D eigenvalue weighted by atomic mass is 35.5. The minimum atomic E-state index is -4.41. The second kappa shape index (κ2) is 7.92. The molecule has 5 nitrogen and oxygen atoms in total. The Morgan fingerprint density at radius 2 is 2.04 bits per heavy atom. The van der Waals surface area contributed by atoms with Crippen LogP contribution in [0.25, 0.3) is 0 Å². The average Bonchev–Trinajstić information content (AvgIpc) is 2.55. The van der Waals surface area contributed by atoms with Crippen molar-refractivity contribution < 1.29 is 18.0 Å². The van der Waals surface area contributed by atoms with Crippen LogP contribution in [-0.2, 0) is 6.18 Å². The molecule has 9 heteroatoms. The number of benzene rings is 1. The van der Waals surface area contributed by atoms with Gasteiger partial charge >= 0.3 is 6.18 Å². The molecule has 0 aliphatic rings. The van der Waals surface area contributed by atoms with Gasteiger partial charge in [0.15, 0.2) is 0 Å². The van der Waals surface area contributed by atoms with Crippen molar-refractivity contribution in [2.24, 2.45) is 5.73 Å². The van der Waals surface area contributed by atoms with Gasteiger partial charge in [-0.25, -0.2) is 4.98 Å². The minimum absolute atomic E-state index is 0.169. The number of nitrogens with zero attached hydrogens (tertiary/aromatic N) is 2. The number of pyridine rings is 1. The minimum Gasteiger partial charge on any atom is -0.367 e. The average molecular weight is 387 g/mol. The largest absolute Gasteiger partial charge is 0.416 e. The normalized spacial score (nSPS) is 12.9. The predicted octanol–water partition coefficient (Wildman–Crippen LogP) is 3.57. The van der Waals surface area contributed by atoms with Crippen molar-refractivity contribution in [1.29, 1.82) is 0 Å². The van der Waals surface area contributed by atoms with Crippen molar-refractivity contribution >= 4 is 23.3 Å². The van der Waals surface area contributed by atoms with Gasteiger partial charge in [0.1, 0.15) is 5.82 Å². The van der Waals surface area contributed by atoms with E-state index in [0.29, 0.717) is 11.4 Å². The molecule has 2 rings (SSSR count). The van der Waals surface area contributed by atoms with Crippen LogP contribution in [0, 0.1) is 0 Å². The maximum Gasteiger partial charge on any atom is 0.416 e. The molecule has 0 saturated heterocycles. The van der Waals surface area contributed by atoms with Crippen LogP contribution < -0.4 is 11.1 Å². The number of amides is 1. The lowest BCUT2D eigenvalue weighted by Crippen LogP contribution is -2.27. The van der Waals surface area contributed by atoms with Crippen LogP contribution in [0.3, 0.4) is 0 Å². The molecule has 1 aromatic heterocycles. The van der Waals surface area contributed by atoms with E-state index in [-0.39, 0.29) is 23.2 Å². The zero-order valence-electron chi connectivity index (χ0n) is 14.1. The number of anilines is 1. The number of carbonyl (C=O) groups excluding carboxylic acids is 1. The standard InChI is InChI=1S/C17H18ClF3N4O/c1-25(2)14(10-4-3-5-12(6-10)17(19,20)21)9-24-16-13(18)7-11(8-23-16)15(22)26/h3-8,14H,9H2,1-2H3,(H2,22,26)(H,23,24). The van der Waals surface area contributed by atoms with Crippen molar-refractivity contribution in [2.45, 2.75) is 12.2 Å². The quantitative estimate of drug-likeness (QED) is 0.796. The second-order valence-electron chi connectivity index (χ2n) is 5.90. The number of halogens is 4. The molecule has 0 aliphatic carbocycles. The molecule has 0 bridgehead atoms. The first-order valence-electron chi connectivity index (χ1n) is 7.62. The Morgan fingerprint density at radius 3 is 2.58 bits per heavy atom. The topological polar surface area (TPSA) is 71.2 Å². The van der Waals surface area contributed by atoms with Crippen molar-refractivity contribution in [3.8, 4) is 0 Å². The summed E-state index contributed by atoms with van der Waals surface area (Å²) in [5, 5.41) is 3.20. The van der Waals surface area contributed by atoms with Crippen molar-refractivity contribution in [1.82, 2.24) is 9.88 Å². The van der Waals surface area contributed by atoms with Crippen molar-refractivity contribution in [2.75, 3.05) is 26.0 Å². The number of rotatable bonds is 6. The van der Waals surface area contributed by atoms with Crippen LogP contribution in [0.5, 0.6) is 0 Å². The van der Waals surface area contributed by atoms with Crippen LogP contribution in [0.2, 0.25) is 5.02 Å². The summed E-state index contributed by atoms with van der Waals surface area (Å²) in [6, 6.07) is 6.19. The Bertz CT molecular complexity index is 796. The van der Waals surface area contributed by atoms with Crippen LogP contribution >= 0.6 is 11.6 Å². The summed E-state index contributed by atoms with van der Waals surface area (Å²) < 4.78 is 38.8. The maximum absolute atomic E-state index is 12.9. The number of primary amides is 1. The Morgan fingerprint density at radius 1 is 1.35 bits per heavy atom. The van der Waals surface area contributed by atoms with Crippen molar-refractivity contribution in [3.63, 3.8) is 0 Å². The molecule has 1 heterocycles. The van der Waals surface area contributed by atoms with Crippen LogP contribution in [0.1, 0.15) is 27.5 Å². The summed E-state index contributed by atoms with van der Waals surface area (Å²) >= 11 is 6.07. The Labute approximate surface area is 154 Å². The molecule has 1 atom stereocenters. The second-order valence-corrected chi connectivity index (χ2v) is 6.31. The SMILES string of the molecule is CN(C)C(CNc1ncc(C(N)=O)cc1Cl)c1cccc(C(F)(F)F)c1. The summed E-state index contributed by atoms with van der Waals surface area (Å²) in [4.78, 5) is 16.9. The summed E-state index contributed by atoms with van der Waals surface area (Å²) in [5.41, 5.74) is 5.13. The summed E-state index contributed by atoms with van der Waals surface area (Å²) in [6.07, 6.45) is -3.12. The number of likely N-dealkylation sites (N-methyl/N-ethyl adjacent to an activating group) is 1. The molecule has 0 spiro atoms. The third kappa shape index (κ3) is 4.86. The molecule has 3 N–H and O–H groups in total. The molecular weight excluding hydrogens is 369 g/mol. The van der Waals surface area contributed by atoms with Gasteiger partial charge in [0.25, 0.3) is 0 Å². The number of carbonyl (C=O) groups is 1. The lowest BCUT2D eigenvalue weighted by atomic mass is 10.0. The predicted molar refractivity (Wildman–Crippen MR) is 94.1 cm³/mol. The van der Waals surface area contributed by atoms with E-state index in [2.05, 4.69) is 10.3 Å². The number of nitrogens with one attached hydrogen (secondary N) is 1. The van der Waals surface area contributed by atoms with E-state index >= 15 is 0 Å². The molecule has 0 fully saturated rings. The highest BCUT2D eigenvalue weighted by molar-refractivity contribution is 6.33. The molecule has 1 aromatic carbocycles. The number of hydrogen-bond donors (Lipinski definition) is 2. The zero-order valence-corrected chi connectivity index (χ0v) is 14.9. The Hall–Kier alpha value is -2.32. The van der Waals surface area contributed by atoms with Crippen molar-refractivity contribution in [3.05, 3.63) is 58.2 Å². The van der Waals surface area contributed by atoms with Crippen LogP contribution in [-0.4, -0.2) is 36.4 Å². The molecule has 1 amide bonds. The van der Waals surface area contributed by atoms with E-state index in [1.165, 1.54) is 18.3 Å². The van der Waals surface area contributed by atoms with Gasteiger partial charge in [-0.1, -0.05) is 23.7 Å². The highest BCUT2D eigenvalue weighted by Gasteiger charge is 2.31. The summed E-state index contributed by atoms with van der Waals surface area (Å²) in [5.74, 6) is -0.337. The van der Waals surface area contributed by atoms with Gasteiger partial charge < -0.3 is 16.0 Å². The van der Waals surface area contributed by atoms with Gasteiger partial charge in [-0.2, -0.15) is 13.2 Å². The smallest absolute Gasteiger partial charge is 0.367 e. The van der Waals surface area contributed by atoms with E-state index in [9.17, 15) is 18.0 Å². The molecular formula is C17H18ClF3N4O. The van der Waals surface area contributed by atoms with E-state index in [4.69, 9.17) is 17.3 Å². The number of alkyl halides is 3. The fourth-order valence-corrected chi connectivity index (χ4v) is 2.65. The van der Waals surface area contributed by atoms with Gasteiger partial charge in [0.05, 0.1) is 22.2 Å².